The lowest BCUT2D eigenvalue weighted by atomic mass is 10.0. The zero-order chi connectivity index (χ0) is 14.0. The van der Waals surface area contributed by atoms with Crippen LogP contribution in [0.2, 0.25) is 0 Å². The van der Waals surface area contributed by atoms with E-state index in [1.807, 2.05) is 20.0 Å². The maximum Gasteiger partial charge on any atom is 0.0888 e. The lowest BCUT2D eigenvalue weighted by molar-refractivity contribution is 0.321. The van der Waals surface area contributed by atoms with Gasteiger partial charge in [-0.05, 0) is 40.4 Å². The van der Waals surface area contributed by atoms with Crippen LogP contribution in [-0.2, 0) is 0 Å². The van der Waals surface area contributed by atoms with Crippen molar-refractivity contribution in [1.29, 1.82) is 0 Å². The van der Waals surface area contributed by atoms with Crippen molar-refractivity contribution in [2.45, 2.75) is 26.8 Å². The average molecular weight is 255 g/mol. The van der Waals surface area contributed by atoms with Crippen LogP contribution < -0.4 is 0 Å². The van der Waals surface area contributed by atoms with Gasteiger partial charge in [0, 0.05) is 11.6 Å². The minimum Gasteiger partial charge on any atom is -0.303 e. The normalized spacial score (nSPS) is 12.7. The monoisotopic (exact) mass is 255 g/mol. The summed E-state index contributed by atoms with van der Waals surface area (Å²) in [4.78, 5) is 11.1. The van der Waals surface area contributed by atoms with Gasteiger partial charge in [0.05, 0.1) is 23.3 Å². The molecule has 0 bridgehead atoms. The largest absolute Gasteiger partial charge is 0.303 e. The van der Waals surface area contributed by atoms with E-state index in [1.165, 1.54) is 5.56 Å². The third-order valence-electron chi connectivity index (χ3n) is 3.66. The molecule has 1 atom stereocenters. The molecule has 0 N–H and O–H groups in total. The van der Waals surface area contributed by atoms with E-state index in [2.05, 4.69) is 60.2 Å². The lowest BCUT2D eigenvalue weighted by Gasteiger charge is -2.20. The first-order chi connectivity index (χ1) is 8.99. The third-order valence-corrected chi connectivity index (χ3v) is 3.66. The molecular formula is C16H21N3. The molecular weight excluding hydrogens is 234 g/mol. The van der Waals surface area contributed by atoms with Crippen LogP contribution >= 0.6 is 0 Å². The summed E-state index contributed by atoms with van der Waals surface area (Å²) in [6.07, 6.45) is 1.84. The SMILES string of the molecule is Cc1ncc(-c2ccc(C(C)N(C)C)cc2)nc1C. The second-order valence-corrected chi connectivity index (χ2v) is 5.19. The van der Waals surface area contributed by atoms with E-state index in [0.29, 0.717) is 6.04 Å². The summed E-state index contributed by atoms with van der Waals surface area (Å²) >= 11 is 0. The number of benzene rings is 1. The number of nitrogens with zero attached hydrogens (tertiary/aromatic N) is 3. The first kappa shape index (κ1) is 13.7. The highest BCUT2D eigenvalue weighted by Gasteiger charge is 2.08. The molecule has 0 amide bonds. The predicted molar refractivity (Wildman–Crippen MR) is 79.0 cm³/mol. The van der Waals surface area contributed by atoms with Gasteiger partial charge in [-0.2, -0.15) is 0 Å². The van der Waals surface area contributed by atoms with Crippen LogP contribution in [0.15, 0.2) is 30.5 Å². The minimum absolute atomic E-state index is 0.417. The number of hydrogen-bond acceptors (Lipinski definition) is 3. The highest BCUT2D eigenvalue weighted by Crippen LogP contribution is 2.22. The Morgan fingerprint density at radius 2 is 1.63 bits per heavy atom. The summed E-state index contributed by atoms with van der Waals surface area (Å²) in [5, 5.41) is 0. The topological polar surface area (TPSA) is 29.0 Å². The Balaban J connectivity index is 2.29. The molecule has 100 valence electrons. The fraction of sp³-hybridized carbons (Fsp3) is 0.375. The van der Waals surface area contributed by atoms with E-state index in [1.54, 1.807) is 0 Å². The van der Waals surface area contributed by atoms with Gasteiger partial charge in [0.15, 0.2) is 0 Å². The minimum atomic E-state index is 0.417. The Morgan fingerprint density at radius 1 is 1.00 bits per heavy atom. The van der Waals surface area contributed by atoms with E-state index in [-0.39, 0.29) is 0 Å². The van der Waals surface area contributed by atoms with Crippen molar-refractivity contribution in [3.8, 4) is 11.3 Å². The van der Waals surface area contributed by atoms with Gasteiger partial charge in [0.25, 0.3) is 0 Å². The van der Waals surface area contributed by atoms with E-state index in [0.717, 1.165) is 22.6 Å². The summed E-state index contributed by atoms with van der Waals surface area (Å²) < 4.78 is 0. The van der Waals surface area contributed by atoms with Gasteiger partial charge < -0.3 is 4.90 Å². The quantitative estimate of drug-likeness (QED) is 0.842. The average Bonchev–Trinajstić information content (AvgIpc) is 2.41. The van der Waals surface area contributed by atoms with Crippen molar-refractivity contribution in [1.82, 2.24) is 14.9 Å². The van der Waals surface area contributed by atoms with Gasteiger partial charge in [0.1, 0.15) is 0 Å². The van der Waals surface area contributed by atoms with Gasteiger partial charge in [-0.3, -0.25) is 4.98 Å². The first-order valence-corrected chi connectivity index (χ1v) is 6.56. The fourth-order valence-electron chi connectivity index (χ4n) is 1.91. The van der Waals surface area contributed by atoms with Crippen molar-refractivity contribution < 1.29 is 0 Å². The Bertz CT molecular complexity index is 559. The van der Waals surface area contributed by atoms with Gasteiger partial charge >= 0.3 is 0 Å². The Morgan fingerprint density at radius 3 is 2.16 bits per heavy atom. The molecule has 1 aromatic heterocycles. The molecule has 0 fully saturated rings. The van der Waals surface area contributed by atoms with Crippen molar-refractivity contribution in [2.75, 3.05) is 14.1 Å². The van der Waals surface area contributed by atoms with Crippen molar-refractivity contribution in [2.24, 2.45) is 0 Å². The fourth-order valence-corrected chi connectivity index (χ4v) is 1.91. The van der Waals surface area contributed by atoms with Crippen LogP contribution in [0.4, 0.5) is 0 Å². The van der Waals surface area contributed by atoms with Crippen LogP contribution in [-0.4, -0.2) is 29.0 Å². The van der Waals surface area contributed by atoms with E-state index < -0.39 is 0 Å². The molecule has 0 spiro atoms. The van der Waals surface area contributed by atoms with Gasteiger partial charge in [0.2, 0.25) is 0 Å². The van der Waals surface area contributed by atoms with Gasteiger partial charge in [-0.25, -0.2) is 4.98 Å². The maximum atomic E-state index is 4.58. The molecule has 2 rings (SSSR count). The molecule has 3 nitrogen and oxygen atoms in total. The molecule has 19 heavy (non-hydrogen) atoms. The Hall–Kier alpha value is -1.74. The summed E-state index contributed by atoms with van der Waals surface area (Å²) in [6, 6.07) is 8.98. The molecule has 0 saturated carbocycles. The summed E-state index contributed by atoms with van der Waals surface area (Å²) in [6.45, 7) is 6.17. The number of rotatable bonds is 3. The maximum absolute atomic E-state index is 4.58. The highest BCUT2D eigenvalue weighted by molar-refractivity contribution is 5.58. The van der Waals surface area contributed by atoms with Crippen LogP contribution in [0.25, 0.3) is 11.3 Å². The molecule has 0 aliphatic rings. The highest BCUT2D eigenvalue weighted by atomic mass is 15.1. The number of aryl methyl sites for hydroxylation is 2. The zero-order valence-electron chi connectivity index (χ0n) is 12.3. The van der Waals surface area contributed by atoms with Crippen molar-refractivity contribution in [3.63, 3.8) is 0 Å². The third kappa shape index (κ3) is 2.99. The Labute approximate surface area is 115 Å². The first-order valence-electron chi connectivity index (χ1n) is 6.56. The molecule has 3 heteroatoms. The smallest absolute Gasteiger partial charge is 0.0888 e. The van der Waals surface area contributed by atoms with Crippen LogP contribution in [0, 0.1) is 13.8 Å². The van der Waals surface area contributed by atoms with Crippen LogP contribution in [0.5, 0.6) is 0 Å². The molecule has 2 aromatic rings. The van der Waals surface area contributed by atoms with Crippen molar-refractivity contribution >= 4 is 0 Å². The molecule has 1 aromatic carbocycles. The molecule has 0 radical (unpaired) electrons. The van der Waals surface area contributed by atoms with Crippen LogP contribution in [0.3, 0.4) is 0 Å². The van der Waals surface area contributed by atoms with Crippen molar-refractivity contribution in [3.05, 3.63) is 47.4 Å². The zero-order valence-corrected chi connectivity index (χ0v) is 12.3. The molecule has 1 heterocycles. The second-order valence-electron chi connectivity index (χ2n) is 5.19. The van der Waals surface area contributed by atoms with Gasteiger partial charge in [-0.1, -0.05) is 24.3 Å². The summed E-state index contributed by atoms with van der Waals surface area (Å²) in [5.41, 5.74) is 5.34. The molecule has 0 aliphatic carbocycles. The standard InChI is InChI=1S/C16H21N3/c1-11-12(2)18-16(10-17-11)15-8-6-14(7-9-15)13(3)19(4)5/h6-10,13H,1-5H3. The molecule has 1 unspecified atom stereocenters. The Kier molecular flexibility index (Phi) is 3.96. The summed E-state index contributed by atoms with van der Waals surface area (Å²) in [7, 11) is 4.18. The van der Waals surface area contributed by atoms with E-state index in [4.69, 9.17) is 0 Å². The molecule has 0 aliphatic heterocycles. The van der Waals surface area contributed by atoms with Gasteiger partial charge in [-0.15, -0.1) is 0 Å². The van der Waals surface area contributed by atoms with E-state index >= 15 is 0 Å². The molecule has 0 saturated heterocycles. The second kappa shape index (κ2) is 5.49. The summed E-state index contributed by atoms with van der Waals surface area (Å²) in [5.74, 6) is 0. The van der Waals surface area contributed by atoms with E-state index in [9.17, 15) is 0 Å². The predicted octanol–water partition coefficient (Wildman–Crippen LogP) is 3.38. The van der Waals surface area contributed by atoms with Crippen LogP contribution in [0.1, 0.15) is 29.9 Å². The lowest BCUT2D eigenvalue weighted by Crippen LogP contribution is -2.16. The number of aromatic nitrogens is 2. The number of hydrogen-bond donors (Lipinski definition) is 0.